The Hall–Kier alpha value is -2.69. The quantitative estimate of drug-likeness (QED) is 0.427. The average molecular weight is 534 g/mol. The SMILES string of the molecule is CCOc1ccc(Cl)c(N2Cc3cnc(NCCCCCN4CCN(C)CC4)nc3N(CC)C2=O)c1F. The molecule has 2 aliphatic heterocycles. The van der Waals surface area contributed by atoms with E-state index in [0.29, 0.717) is 24.9 Å². The summed E-state index contributed by atoms with van der Waals surface area (Å²) in [6.45, 7) is 10.9. The van der Waals surface area contributed by atoms with Crippen LogP contribution in [-0.4, -0.2) is 85.3 Å². The molecule has 1 fully saturated rings. The molecule has 37 heavy (non-hydrogen) atoms. The molecular weight excluding hydrogens is 497 g/mol. The Labute approximate surface area is 223 Å². The number of halogens is 2. The summed E-state index contributed by atoms with van der Waals surface area (Å²) in [5, 5.41) is 3.43. The zero-order chi connectivity index (χ0) is 26.4. The molecule has 1 aromatic heterocycles. The molecule has 2 amide bonds. The number of likely N-dealkylation sites (N-methyl/N-ethyl adjacent to an activating group) is 1. The maximum atomic E-state index is 15.2. The third-order valence-electron chi connectivity index (χ3n) is 6.84. The van der Waals surface area contributed by atoms with Crippen LogP contribution in [0, 0.1) is 5.82 Å². The molecule has 0 radical (unpaired) electrons. The maximum absolute atomic E-state index is 15.2. The number of benzene rings is 1. The van der Waals surface area contributed by atoms with Crippen LogP contribution in [-0.2, 0) is 6.54 Å². The third-order valence-corrected chi connectivity index (χ3v) is 7.14. The molecule has 0 saturated carbocycles. The van der Waals surface area contributed by atoms with Crippen molar-refractivity contribution in [1.82, 2.24) is 19.8 Å². The summed E-state index contributed by atoms with van der Waals surface area (Å²) in [6, 6.07) is 2.62. The first-order chi connectivity index (χ1) is 17.9. The van der Waals surface area contributed by atoms with Gasteiger partial charge in [0, 0.05) is 51.0 Å². The van der Waals surface area contributed by atoms with Gasteiger partial charge in [-0.1, -0.05) is 18.0 Å². The van der Waals surface area contributed by atoms with Crippen LogP contribution >= 0.6 is 11.6 Å². The number of nitrogens with one attached hydrogen (secondary N) is 1. The molecule has 3 heterocycles. The van der Waals surface area contributed by atoms with Gasteiger partial charge in [-0.05, 0) is 52.4 Å². The molecular formula is C26H37ClFN7O2. The number of hydrogen-bond acceptors (Lipinski definition) is 7. The minimum atomic E-state index is -0.658. The van der Waals surface area contributed by atoms with Gasteiger partial charge in [0.15, 0.2) is 11.6 Å². The van der Waals surface area contributed by atoms with Crippen LogP contribution in [0.3, 0.4) is 0 Å². The van der Waals surface area contributed by atoms with Crippen molar-refractivity contribution < 1.29 is 13.9 Å². The number of fused-ring (bicyclic) bond motifs is 1. The van der Waals surface area contributed by atoms with E-state index in [1.54, 1.807) is 19.2 Å². The lowest BCUT2D eigenvalue weighted by atomic mass is 10.1. The van der Waals surface area contributed by atoms with Gasteiger partial charge in [0.1, 0.15) is 11.5 Å². The van der Waals surface area contributed by atoms with Crippen molar-refractivity contribution in [3.63, 3.8) is 0 Å². The van der Waals surface area contributed by atoms with Crippen molar-refractivity contribution in [1.29, 1.82) is 0 Å². The fourth-order valence-corrected chi connectivity index (χ4v) is 4.96. The summed E-state index contributed by atoms with van der Waals surface area (Å²) in [4.78, 5) is 30.2. The summed E-state index contributed by atoms with van der Waals surface area (Å²) in [6.07, 6.45) is 5.02. The number of hydrogen-bond donors (Lipinski definition) is 1. The predicted molar refractivity (Wildman–Crippen MR) is 145 cm³/mol. The number of carbonyl (C=O) groups is 1. The fourth-order valence-electron chi connectivity index (χ4n) is 4.71. The molecule has 0 spiro atoms. The number of urea groups is 1. The van der Waals surface area contributed by atoms with Gasteiger partial charge in [-0.2, -0.15) is 4.98 Å². The van der Waals surface area contributed by atoms with Gasteiger partial charge >= 0.3 is 6.03 Å². The van der Waals surface area contributed by atoms with Crippen molar-refractivity contribution in [2.24, 2.45) is 0 Å². The Morgan fingerprint density at radius 3 is 2.65 bits per heavy atom. The predicted octanol–water partition coefficient (Wildman–Crippen LogP) is 4.46. The number of amides is 2. The zero-order valence-electron chi connectivity index (χ0n) is 22.0. The molecule has 11 heteroatoms. The molecule has 0 bridgehead atoms. The first-order valence-electron chi connectivity index (χ1n) is 13.1. The van der Waals surface area contributed by atoms with Gasteiger partial charge < -0.3 is 19.9 Å². The van der Waals surface area contributed by atoms with Crippen LogP contribution in [0.4, 0.5) is 26.6 Å². The molecule has 0 atom stereocenters. The third kappa shape index (κ3) is 6.42. The Morgan fingerprint density at radius 1 is 1.14 bits per heavy atom. The highest BCUT2D eigenvalue weighted by molar-refractivity contribution is 6.34. The van der Waals surface area contributed by atoms with Crippen LogP contribution in [0.1, 0.15) is 38.7 Å². The molecule has 9 nitrogen and oxygen atoms in total. The lowest BCUT2D eigenvalue weighted by Crippen LogP contribution is -2.48. The van der Waals surface area contributed by atoms with E-state index >= 15 is 4.39 Å². The van der Waals surface area contributed by atoms with E-state index in [9.17, 15) is 4.79 Å². The Balaban J connectivity index is 1.37. The van der Waals surface area contributed by atoms with Crippen LogP contribution < -0.4 is 19.9 Å². The van der Waals surface area contributed by atoms with Gasteiger partial charge in [0.25, 0.3) is 0 Å². The van der Waals surface area contributed by atoms with E-state index in [0.717, 1.165) is 57.7 Å². The summed E-state index contributed by atoms with van der Waals surface area (Å²) < 4.78 is 20.6. The number of rotatable bonds is 11. The number of ether oxygens (including phenoxy) is 1. The van der Waals surface area contributed by atoms with E-state index in [1.807, 2.05) is 6.92 Å². The number of anilines is 3. The maximum Gasteiger partial charge on any atom is 0.330 e. The van der Waals surface area contributed by atoms with Gasteiger partial charge in [-0.15, -0.1) is 0 Å². The van der Waals surface area contributed by atoms with Gasteiger partial charge in [-0.3, -0.25) is 9.80 Å². The van der Waals surface area contributed by atoms with E-state index in [4.69, 9.17) is 16.3 Å². The highest BCUT2D eigenvalue weighted by Crippen LogP contribution is 2.39. The number of carbonyl (C=O) groups excluding carboxylic acids is 1. The minimum absolute atomic E-state index is 0.000455. The van der Waals surface area contributed by atoms with Crippen LogP contribution in [0.5, 0.6) is 5.75 Å². The first kappa shape index (κ1) is 27.3. The Bertz CT molecular complexity index is 1080. The molecule has 1 saturated heterocycles. The average Bonchev–Trinajstić information content (AvgIpc) is 2.89. The van der Waals surface area contributed by atoms with E-state index in [2.05, 4.69) is 32.1 Å². The lowest BCUT2D eigenvalue weighted by Gasteiger charge is -2.36. The van der Waals surface area contributed by atoms with Crippen molar-refractivity contribution >= 4 is 35.1 Å². The van der Waals surface area contributed by atoms with Gasteiger partial charge in [-0.25, -0.2) is 14.2 Å². The van der Waals surface area contributed by atoms with Crippen molar-refractivity contribution in [2.75, 3.05) is 74.6 Å². The second-order valence-corrected chi connectivity index (χ2v) is 9.84. The van der Waals surface area contributed by atoms with Gasteiger partial charge in [0.2, 0.25) is 5.95 Å². The standard InChI is InChI=1S/C26H37ClFN7O2/c1-4-34-24-19(18-35(26(34)36)23-20(27)9-10-21(22(23)28)37-5-2)17-30-25(31-24)29-11-7-6-8-12-33-15-13-32(3)14-16-33/h9-10,17H,4-8,11-16,18H2,1-3H3,(H,29,30,31). The Morgan fingerprint density at radius 2 is 1.92 bits per heavy atom. The Kier molecular flexibility index (Phi) is 9.39. The zero-order valence-corrected chi connectivity index (χ0v) is 22.7. The normalized spacial score (nSPS) is 16.7. The monoisotopic (exact) mass is 533 g/mol. The highest BCUT2D eigenvalue weighted by atomic mass is 35.5. The summed E-state index contributed by atoms with van der Waals surface area (Å²) >= 11 is 6.33. The summed E-state index contributed by atoms with van der Waals surface area (Å²) in [5.41, 5.74) is 0.719. The van der Waals surface area contributed by atoms with Crippen LogP contribution in [0.15, 0.2) is 18.3 Å². The molecule has 2 aliphatic rings. The number of unbranched alkanes of at least 4 members (excludes halogenated alkanes) is 2. The lowest BCUT2D eigenvalue weighted by molar-refractivity contribution is 0.152. The largest absolute Gasteiger partial charge is 0.491 e. The second kappa shape index (κ2) is 12.7. The van der Waals surface area contributed by atoms with Crippen molar-refractivity contribution in [3.05, 3.63) is 34.7 Å². The highest BCUT2D eigenvalue weighted by Gasteiger charge is 2.35. The number of nitrogens with zero attached hydrogens (tertiary/aromatic N) is 6. The number of piperazine rings is 1. The summed E-state index contributed by atoms with van der Waals surface area (Å²) in [7, 11) is 2.18. The molecule has 202 valence electrons. The topological polar surface area (TPSA) is 77.1 Å². The van der Waals surface area contributed by atoms with Crippen molar-refractivity contribution in [2.45, 2.75) is 39.7 Å². The van der Waals surface area contributed by atoms with E-state index in [1.165, 1.54) is 22.3 Å². The van der Waals surface area contributed by atoms with E-state index < -0.39 is 11.8 Å². The fraction of sp³-hybridized carbons (Fsp3) is 0.577. The van der Waals surface area contributed by atoms with Crippen LogP contribution in [0.2, 0.25) is 5.02 Å². The molecule has 4 rings (SSSR count). The van der Waals surface area contributed by atoms with Crippen molar-refractivity contribution in [3.8, 4) is 5.75 Å². The molecule has 1 aromatic carbocycles. The first-order valence-corrected chi connectivity index (χ1v) is 13.5. The number of aromatic nitrogens is 2. The molecule has 2 aromatic rings. The van der Waals surface area contributed by atoms with Crippen LogP contribution in [0.25, 0.3) is 0 Å². The molecule has 0 aliphatic carbocycles. The molecule has 0 unspecified atom stereocenters. The van der Waals surface area contributed by atoms with E-state index in [-0.39, 0.29) is 23.0 Å². The second-order valence-electron chi connectivity index (χ2n) is 9.43. The minimum Gasteiger partial charge on any atom is -0.491 e. The summed E-state index contributed by atoms with van der Waals surface area (Å²) in [5.74, 6) is 0.422. The molecule has 1 N–H and O–H groups in total. The van der Waals surface area contributed by atoms with Gasteiger partial charge in [0.05, 0.1) is 18.2 Å². The smallest absolute Gasteiger partial charge is 0.330 e.